The molecule has 0 radical (unpaired) electrons. The summed E-state index contributed by atoms with van der Waals surface area (Å²) >= 11 is 0. The first-order chi connectivity index (χ1) is 9.97. The van der Waals surface area contributed by atoms with Gasteiger partial charge in [0.1, 0.15) is 5.82 Å². The van der Waals surface area contributed by atoms with Gasteiger partial charge in [-0.1, -0.05) is 0 Å². The van der Waals surface area contributed by atoms with Crippen LogP contribution in [-0.2, 0) is 9.53 Å². The summed E-state index contributed by atoms with van der Waals surface area (Å²) in [6.07, 6.45) is 1.02. The van der Waals surface area contributed by atoms with Crippen molar-refractivity contribution in [3.8, 4) is 0 Å². The van der Waals surface area contributed by atoms with E-state index in [1.807, 2.05) is 13.8 Å². The minimum atomic E-state index is -0.487. The highest BCUT2D eigenvalue weighted by Gasteiger charge is 2.24. The van der Waals surface area contributed by atoms with Gasteiger partial charge >= 0.3 is 0 Å². The molecule has 1 amide bonds. The first-order valence-corrected chi connectivity index (χ1v) is 7.19. The van der Waals surface area contributed by atoms with Gasteiger partial charge in [-0.2, -0.15) is 0 Å². The molecular weight excluding hydrogens is 273 g/mol. The number of rotatable bonds is 3. The molecule has 1 aromatic rings. The van der Waals surface area contributed by atoms with Crippen molar-refractivity contribution in [3.63, 3.8) is 0 Å². The van der Waals surface area contributed by atoms with Gasteiger partial charge in [-0.3, -0.25) is 9.69 Å². The molecule has 1 fully saturated rings. The second-order valence-electron chi connectivity index (χ2n) is 5.43. The highest BCUT2D eigenvalue weighted by atomic mass is 19.1. The van der Waals surface area contributed by atoms with Gasteiger partial charge in [-0.15, -0.1) is 0 Å². The Morgan fingerprint density at radius 1 is 1.57 bits per heavy atom. The summed E-state index contributed by atoms with van der Waals surface area (Å²) < 4.78 is 18.7. The van der Waals surface area contributed by atoms with E-state index < -0.39 is 5.82 Å². The van der Waals surface area contributed by atoms with Crippen molar-refractivity contribution in [2.75, 3.05) is 30.7 Å². The van der Waals surface area contributed by atoms with Crippen molar-refractivity contribution in [3.05, 3.63) is 24.0 Å². The third-order valence-electron chi connectivity index (χ3n) is 3.67. The Morgan fingerprint density at radius 2 is 2.33 bits per heavy atom. The van der Waals surface area contributed by atoms with Gasteiger partial charge in [0.2, 0.25) is 5.91 Å². The maximum Gasteiger partial charge on any atom is 0.241 e. The molecule has 6 heteroatoms. The molecule has 2 atom stereocenters. The molecule has 1 heterocycles. The van der Waals surface area contributed by atoms with Gasteiger partial charge in [0.05, 0.1) is 17.8 Å². The van der Waals surface area contributed by atoms with Gasteiger partial charge in [0.15, 0.2) is 0 Å². The Hall–Kier alpha value is -1.66. The zero-order valence-electron chi connectivity index (χ0n) is 12.4. The summed E-state index contributed by atoms with van der Waals surface area (Å²) in [5.41, 5.74) is 6.03. The van der Waals surface area contributed by atoms with Gasteiger partial charge in [0.25, 0.3) is 0 Å². The number of hydrogen-bond acceptors (Lipinski definition) is 4. The second-order valence-corrected chi connectivity index (χ2v) is 5.43. The molecule has 1 aromatic carbocycles. The number of carbonyl (C=O) groups excluding carboxylic acids is 1. The van der Waals surface area contributed by atoms with E-state index in [0.29, 0.717) is 5.69 Å². The molecule has 1 aliphatic rings. The molecular formula is C15H22FN3O2. The van der Waals surface area contributed by atoms with Crippen LogP contribution < -0.4 is 11.1 Å². The van der Waals surface area contributed by atoms with Crippen LogP contribution in [0.15, 0.2) is 18.2 Å². The minimum absolute atomic E-state index is 0.0252. The Morgan fingerprint density at radius 3 is 3.05 bits per heavy atom. The van der Waals surface area contributed by atoms with Crippen molar-refractivity contribution in [2.24, 2.45) is 0 Å². The third-order valence-corrected chi connectivity index (χ3v) is 3.67. The van der Waals surface area contributed by atoms with Crippen LogP contribution in [0.1, 0.15) is 20.3 Å². The number of carbonyl (C=O) groups is 1. The van der Waals surface area contributed by atoms with Gasteiger partial charge < -0.3 is 15.8 Å². The molecule has 116 valence electrons. The molecule has 0 aromatic heterocycles. The van der Waals surface area contributed by atoms with E-state index in [-0.39, 0.29) is 23.7 Å². The Labute approximate surface area is 124 Å². The smallest absolute Gasteiger partial charge is 0.241 e. The minimum Gasteiger partial charge on any atom is -0.396 e. The molecule has 5 nitrogen and oxygen atoms in total. The van der Waals surface area contributed by atoms with Gasteiger partial charge in [-0.25, -0.2) is 4.39 Å². The van der Waals surface area contributed by atoms with Crippen LogP contribution >= 0.6 is 0 Å². The standard InChI is InChI=1S/C15H22FN3O2/c1-10-9-19(6-3-7-21-10)11(2)15(20)18-12-4-5-13(16)14(17)8-12/h4-5,8,10-11H,3,6-7,9,17H2,1-2H3,(H,18,20). The van der Waals surface area contributed by atoms with Crippen molar-refractivity contribution >= 4 is 17.3 Å². The lowest BCUT2D eigenvalue weighted by molar-refractivity contribution is -0.121. The average Bonchev–Trinajstić information content (AvgIpc) is 2.66. The van der Waals surface area contributed by atoms with Crippen LogP contribution in [0.4, 0.5) is 15.8 Å². The first kappa shape index (κ1) is 15.7. The van der Waals surface area contributed by atoms with E-state index in [9.17, 15) is 9.18 Å². The average molecular weight is 295 g/mol. The number of nitrogens with two attached hydrogens (primary N) is 1. The predicted octanol–water partition coefficient (Wildman–Crippen LogP) is 1.85. The van der Waals surface area contributed by atoms with E-state index >= 15 is 0 Å². The molecule has 2 unspecified atom stereocenters. The van der Waals surface area contributed by atoms with E-state index in [2.05, 4.69) is 10.2 Å². The summed E-state index contributed by atoms with van der Waals surface area (Å²) in [4.78, 5) is 14.4. The zero-order valence-corrected chi connectivity index (χ0v) is 12.4. The van der Waals surface area contributed by atoms with Crippen LogP contribution in [0.3, 0.4) is 0 Å². The molecule has 0 aliphatic carbocycles. The maximum absolute atomic E-state index is 13.1. The number of benzene rings is 1. The number of hydrogen-bond donors (Lipinski definition) is 2. The fraction of sp³-hybridized carbons (Fsp3) is 0.533. The van der Waals surface area contributed by atoms with Crippen LogP contribution in [0.25, 0.3) is 0 Å². The quantitative estimate of drug-likeness (QED) is 0.835. The molecule has 2 rings (SSSR count). The summed E-state index contributed by atoms with van der Waals surface area (Å²) in [5, 5.41) is 2.77. The second kappa shape index (κ2) is 6.87. The maximum atomic E-state index is 13.1. The lowest BCUT2D eigenvalue weighted by Gasteiger charge is -2.27. The predicted molar refractivity (Wildman–Crippen MR) is 80.5 cm³/mol. The van der Waals surface area contributed by atoms with Gasteiger partial charge in [0, 0.05) is 25.4 Å². The van der Waals surface area contributed by atoms with E-state index in [0.717, 1.165) is 26.1 Å². The SMILES string of the molecule is CC1CN(C(C)C(=O)Nc2ccc(F)c(N)c2)CCCO1. The van der Waals surface area contributed by atoms with Crippen LogP contribution in [0.2, 0.25) is 0 Å². The Kier molecular flexibility index (Phi) is 5.14. The highest BCUT2D eigenvalue weighted by Crippen LogP contribution is 2.17. The number of nitrogens with zero attached hydrogens (tertiary/aromatic N) is 1. The van der Waals surface area contributed by atoms with E-state index in [1.54, 1.807) is 0 Å². The summed E-state index contributed by atoms with van der Waals surface area (Å²) in [5.74, 6) is -0.616. The molecule has 0 bridgehead atoms. The van der Waals surface area contributed by atoms with Crippen LogP contribution in [0, 0.1) is 5.82 Å². The third kappa shape index (κ3) is 4.15. The van der Waals surface area contributed by atoms with E-state index in [1.165, 1.54) is 18.2 Å². The van der Waals surface area contributed by atoms with Crippen LogP contribution in [-0.4, -0.2) is 42.6 Å². The topological polar surface area (TPSA) is 67.6 Å². The normalized spacial score (nSPS) is 21.6. The summed E-state index contributed by atoms with van der Waals surface area (Å²) in [6, 6.07) is 3.90. The lowest BCUT2D eigenvalue weighted by Crippen LogP contribution is -2.44. The zero-order chi connectivity index (χ0) is 15.4. The first-order valence-electron chi connectivity index (χ1n) is 7.19. The largest absolute Gasteiger partial charge is 0.396 e. The molecule has 3 N–H and O–H groups in total. The lowest BCUT2D eigenvalue weighted by atomic mass is 10.2. The fourth-order valence-corrected chi connectivity index (χ4v) is 2.41. The highest BCUT2D eigenvalue weighted by molar-refractivity contribution is 5.94. The number of nitrogen functional groups attached to an aromatic ring is 1. The molecule has 0 saturated carbocycles. The summed E-state index contributed by atoms with van der Waals surface area (Å²) in [7, 11) is 0. The van der Waals surface area contributed by atoms with Gasteiger partial charge in [-0.05, 0) is 38.5 Å². The molecule has 1 saturated heterocycles. The van der Waals surface area contributed by atoms with E-state index in [4.69, 9.17) is 10.5 Å². The number of amides is 1. The Bertz CT molecular complexity index is 510. The number of anilines is 2. The van der Waals surface area contributed by atoms with Crippen molar-refractivity contribution < 1.29 is 13.9 Å². The van der Waals surface area contributed by atoms with Crippen molar-refractivity contribution in [1.82, 2.24) is 4.90 Å². The van der Waals surface area contributed by atoms with Crippen LogP contribution in [0.5, 0.6) is 0 Å². The molecule has 1 aliphatic heterocycles. The van der Waals surface area contributed by atoms with Crippen molar-refractivity contribution in [2.45, 2.75) is 32.4 Å². The fourth-order valence-electron chi connectivity index (χ4n) is 2.41. The monoisotopic (exact) mass is 295 g/mol. The summed E-state index contributed by atoms with van der Waals surface area (Å²) in [6.45, 7) is 6.13. The number of halogens is 1. The number of nitrogens with one attached hydrogen (secondary N) is 1. The number of ether oxygens (including phenoxy) is 1. The molecule has 0 spiro atoms. The molecule has 21 heavy (non-hydrogen) atoms. The van der Waals surface area contributed by atoms with Crippen molar-refractivity contribution in [1.29, 1.82) is 0 Å². The Balaban J connectivity index is 1.99.